The van der Waals surface area contributed by atoms with Crippen LogP contribution in [0.4, 0.5) is 5.82 Å². The van der Waals surface area contributed by atoms with Crippen molar-refractivity contribution in [3.63, 3.8) is 0 Å². The molecule has 1 heterocycles. The van der Waals surface area contributed by atoms with E-state index in [1.807, 2.05) is 18.2 Å². The fourth-order valence-corrected chi connectivity index (χ4v) is 1.40. The predicted octanol–water partition coefficient (Wildman–Crippen LogP) is 1.17. The van der Waals surface area contributed by atoms with Gasteiger partial charge in [0.2, 0.25) is 0 Å². The Morgan fingerprint density at radius 2 is 2.31 bits per heavy atom. The summed E-state index contributed by atoms with van der Waals surface area (Å²) >= 11 is 0. The van der Waals surface area contributed by atoms with Crippen molar-refractivity contribution in [2.45, 2.75) is 25.5 Å². The van der Waals surface area contributed by atoms with Crippen molar-refractivity contribution in [3.05, 3.63) is 23.9 Å². The number of hydrogen-bond donors (Lipinski definition) is 1. The van der Waals surface area contributed by atoms with Gasteiger partial charge in [-0.3, -0.25) is 0 Å². The van der Waals surface area contributed by atoms with Gasteiger partial charge in [0.05, 0.1) is 12.3 Å². The third-order valence-electron chi connectivity index (χ3n) is 2.41. The second-order valence-electron chi connectivity index (χ2n) is 3.49. The molecule has 0 bridgehead atoms. The Labute approximate surface area is 78.0 Å². The minimum atomic E-state index is 0.0202. The molecule has 0 unspecified atom stereocenters. The molecule has 1 fully saturated rings. The number of aliphatic hydroxyl groups excluding tert-OH is 1. The number of rotatable bonds is 3. The standard InChI is InChI=1S/C10H14N2O/c1-12(9-5-6-9)10-4-2-3-8(7-13)11-10/h2-4,9,13H,5-7H2,1H3. The fourth-order valence-electron chi connectivity index (χ4n) is 1.40. The number of anilines is 1. The van der Waals surface area contributed by atoms with Crippen molar-refractivity contribution in [1.82, 2.24) is 4.98 Å². The molecule has 1 saturated carbocycles. The quantitative estimate of drug-likeness (QED) is 0.754. The summed E-state index contributed by atoms with van der Waals surface area (Å²) in [6.45, 7) is 0.0202. The van der Waals surface area contributed by atoms with Crippen LogP contribution in [0, 0.1) is 0 Å². The summed E-state index contributed by atoms with van der Waals surface area (Å²) in [4.78, 5) is 6.51. The van der Waals surface area contributed by atoms with Crippen LogP contribution in [-0.2, 0) is 6.61 Å². The van der Waals surface area contributed by atoms with Gasteiger partial charge in [0.15, 0.2) is 0 Å². The van der Waals surface area contributed by atoms with Crippen molar-refractivity contribution in [2.75, 3.05) is 11.9 Å². The lowest BCUT2D eigenvalue weighted by atomic mass is 10.3. The van der Waals surface area contributed by atoms with Gasteiger partial charge in [0.25, 0.3) is 0 Å². The summed E-state index contributed by atoms with van der Waals surface area (Å²) in [5.41, 5.74) is 0.741. The topological polar surface area (TPSA) is 36.4 Å². The van der Waals surface area contributed by atoms with Gasteiger partial charge in [0.1, 0.15) is 5.82 Å². The molecule has 3 heteroatoms. The zero-order chi connectivity index (χ0) is 9.26. The minimum Gasteiger partial charge on any atom is -0.390 e. The van der Waals surface area contributed by atoms with E-state index in [1.165, 1.54) is 12.8 Å². The highest BCUT2D eigenvalue weighted by Gasteiger charge is 2.26. The number of aromatic nitrogens is 1. The highest BCUT2D eigenvalue weighted by atomic mass is 16.3. The number of nitrogens with zero attached hydrogens (tertiary/aromatic N) is 2. The molecule has 1 N–H and O–H groups in total. The molecule has 2 rings (SSSR count). The van der Waals surface area contributed by atoms with E-state index in [-0.39, 0.29) is 6.61 Å². The maximum atomic E-state index is 8.92. The summed E-state index contributed by atoms with van der Waals surface area (Å²) in [5.74, 6) is 0.967. The molecular formula is C10H14N2O. The lowest BCUT2D eigenvalue weighted by Gasteiger charge is -2.17. The summed E-state index contributed by atoms with van der Waals surface area (Å²) in [5, 5.41) is 8.92. The van der Waals surface area contributed by atoms with E-state index >= 15 is 0 Å². The average molecular weight is 178 g/mol. The zero-order valence-electron chi connectivity index (χ0n) is 7.77. The molecule has 70 valence electrons. The Kier molecular flexibility index (Phi) is 2.19. The Balaban J connectivity index is 2.18. The van der Waals surface area contributed by atoms with Crippen LogP contribution in [0.5, 0.6) is 0 Å². The van der Waals surface area contributed by atoms with Gasteiger partial charge < -0.3 is 10.0 Å². The molecule has 0 spiro atoms. The van der Waals surface area contributed by atoms with E-state index in [4.69, 9.17) is 5.11 Å². The molecule has 1 aromatic heterocycles. The Morgan fingerprint density at radius 1 is 1.54 bits per heavy atom. The molecule has 13 heavy (non-hydrogen) atoms. The van der Waals surface area contributed by atoms with E-state index in [2.05, 4.69) is 16.9 Å². The third kappa shape index (κ3) is 1.80. The van der Waals surface area contributed by atoms with Gasteiger partial charge in [-0.15, -0.1) is 0 Å². The van der Waals surface area contributed by atoms with Gasteiger partial charge >= 0.3 is 0 Å². The van der Waals surface area contributed by atoms with Gasteiger partial charge in [-0.2, -0.15) is 0 Å². The fraction of sp³-hybridized carbons (Fsp3) is 0.500. The van der Waals surface area contributed by atoms with Crippen LogP contribution in [0.15, 0.2) is 18.2 Å². The van der Waals surface area contributed by atoms with Crippen molar-refractivity contribution >= 4 is 5.82 Å². The highest BCUT2D eigenvalue weighted by molar-refractivity contribution is 5.40. The minimum absolute atomic E-state index is 0.0202. The van der Waals surface area contributed by atoms with E-state index < -0.39 is 0 Å². The molecular weight excluding hydrogens is 164 g/mol. The van der Waals surface area contributed by atoms with E-state index in [1.54, 1.807) is 0 Å². The number of pyridine rings is 1. The molecule has 0 aliphatic heterocycles. The van der Waals surface area contributed by atoms with Crippen molar-refractivity contribution in [3.8, 4) is 0 Å². The summed E-state index contributed by atoms with van der Waals surface area (Å²) in [6.07, 6.45) is 2.53. The number of hydrogen-bond acceptors (Lipinski definition) is 3. The van der Waals surface area contributed by atoms with E-state index in [0.29, 0.717) is 6.04 Å². The van der Waals surface area contributed by atoms with Crippen LogP contribution in [0.1, 0.15) is 18.5 Å². The molecule has 0 amide bonds. The predicted molar refractivity (Wildman–Crippen MR) is 51.6 cm³/mol. The van der Waals surface area contributed by atoms with Gasteiger partial charge in [-0.1, -0.05) is 6.07 Å². The first-order chi connectivity index (χ1) is 6.31. The number of aliphatic hydroxyl groups is 1. The SMILES string of the molecule is CN(c1cccc(CO)n1)C1CC1. The van der Waals surface area contributed by atoms with Crippen molar-refractivity contribution < 1.29 is 5.11 Å². The first-order valence-electron chi connectivity index (χ1n) is 4.61. The lowest BCUT2D eigenvalue weighted by molar-refractivity contribution is 0.277. The van der Waals surface area contributed by atoms with Crippen molar-refractivity contribution in [2.24, 2.45) is 0 Å². The first-order valence-corrected chi connectivity index (χ1v) is 4.61. The Bertz CT molecular complexity index is 297. The van der Waals surface area contributed by atoms with Crippen molar-refractivity contribution in [1.29, 1.82) is 0 Å². The maximum absolute atomic E-state index is 8.92. The second-order valence-corrected chi connectivity index (χ2v) is 3.49. The Morgan fingerprint density at radius 3 is 2.92 bits per heavy atom. The van der Waals surface area contributed by atoms with Crippen LogP contribution in [-0.4, -0.2) is 23.2 Å². The molecule has 1 aromatic rings. The Hall–Kier alpha value is -1.09. The largest absolute Gasteiger partial charge is 0.390 e. The summed E-state index contributed by atoms with van der Waals surface area (Å²) in [6, 6.07) is 6.43. The normalized spacial score (nSPS) is 15.8. The molecule has 1 aliphatic rings. The van der Waals surface area contributed by atoms with Gasteiger partial charge in [-0.25, -0.2) is 4.98 Å². The van der Waals surface area contributed by atoms with Gasteiger partial charge in [-0.05, 0) is 25.0 Å². The second kappa shape index (κ2) is 3.34. The molecule has 0 radical (unpaired) electrons. The maximum Gasteiger partial charge on any atom is 0.128 e. The summed E-state index contributed by atoms with van der Waals surface area (Å²) < 4.78 is 0. The third-order valence-corrected chi connectivity index (χ3v) is 2.41. The molecule has 3 nitrogen and oxygen atoms in total. The van der Waals surface area contributed by atoms with Crippen LogP contribution in [0.2, 0.25) is 0 Å². The monoisotopic (exact) mass is 178 g/mol. The highest BCUT2D eigenvalue weighted by Crippen LogP contribution is 2.28. The first kappa shape index (κ1) is 8.51. The molecule has 1 aliphatic carbocycles. The van der Waals surface area contributed by atoms with Crippen LogP contribution >= 0.6 is 0 Å². The average Bonchev–Trinajstić information content (AvgIpc) is 3.00. The van der Waals surface area contributed by atoms with Gasteiger partial charge in [0, 0.05) is 13.1 Å². The van der Waals surface area contributed by atoms with E-state index in [9.17, 15) is 0 Å². The molecule has 0 saturated heterocycles. The molecule has 0 aromatic carbocycles. The lowest BCUT2D eigenvalue weighted by Crippen LogP contribution is -2.20. The smallest absolute Gasteiger partial charge is 0.128 e. The van der Waals surface area contributed by atoms with E-state index in [0.717, 1.165) is 11.5 Å². The molecule has 0 atom stereocenters. The zero-order valence-corrected chi connectivity index (χ0v) is 7.77. The van der Waals surface area contributed by atoms with Crippen LogP contribution in [0.3, 0.4) is 0 Å². The summed E-state index contributed by atoms with van der Waals surface area (Å²) in [7, 11) is 2.06. The van der Waals surface area contributed by atoms with Crippen LogP contribution < -0.4 is 4.90 Å². The van der Waals surface area contributed by atoms with Crippen LogP contribution in [0.25, 0.3) is 0 Å².